The van der Waals surface area contributed by atoms with Crippen LogP contribution in [-0.4, -0.2) is 98.5 Å². The van der Waals surface area contributed by atoms with Gasteiger partial charge in [-0.25, -0.2) is 14.8 Å². The molecule has 0 spiro atoms. The number of imidazole rings is 2. The number of likely N-dealkylation sites (tertiary alicyclic amines) is 2. The highest BCUT2D eigenvalue weighted by Crippen LogP contribution is 2.36. The standard InChI is InChI=1S/C49H58N8O5/c1-61-49(60)53-39-13-5-8-28-62-32-41-45(54-47(52-41)43-15-10-27-57(43)48(39)59)36-22-18-34(19-23-36)33-16-20-35(21-17-33)40-30-50-46(51-40)42-14-9-26-56(42)44(58)29-37-11-3-4-12-38(37)31-55-24-6-2-7-25-55/h3-4,11-12,16-23,30,39,42-43H,2,5-10,13-15,24-29,31-32H2,1H3,(H,50,51)(H,52,54)(H,53,60)/t39-,42-,43-/m0/s1. The van der Waals surface area contributed by atoms with E-state index in [1.807, 2.05) is 16.0 Å². The zero-order chi connectivity index (χ0) is 42.4. The number of alkyl carbamates (subject to hydrolysis) is 1. The van der Waals surface area contributed by atoms with Gasteiger partial charge in [-0.1, -0.05) is 79.2 Å². The van der Waals surface area contributed by atoms with Crippen molar-refractivity contribution in [2.45, 2.75) is 102 Å². The molecule has 3 N–H and O–H groups in total. The van der Waals surface area contributed by atoms with E-state index in [1.54, 1.807) is 0 Å². The van der Waals surface area contributed by atoms with Crippen molar-refractivity contribution in [2.24, 2.45) is 0 Å². The summed E-state index contributed by atoms with van der Waals surface area (Å²) in [7, 11) is 1.31. The molecular formula is C49H58N8O5. The molecule has 6 heterocycles. The largest absolute Gasteiger partial charge is 0.453 e. The Hall–Kier alpha value is -5.79. The Balaban J connectivity index is 0.866. The Labute approximate surface area is 363 Å². The van der Waals surface area contributed by atoms with Crippen LogP contribution in [0.15, 0.2) is 79.0 Å². The van der Waals surface area contributed by atoms with Crippen LogP contribution in [0.25, 0.3) is 33.6 Å². The van der Waals surface area contributed by atoms with Crippen molar-refractivity contribution < 1.29 is 23.9 Å². The molecule has 2 aromatic heterocycles. The van der Waals surface area contributed by atoms with Crippen molar-refractivity contribution >= 4 is 17.9 Å². The summed E-state index contributed by atoms with van der Waals surface area (Å²) < 4.78 is 10.9. The summed E-state index contributed by atoms with van der Waals surface area (Å²) in [4.78, 5) is 63.2. The SMILES string of the molecule is COC(=O)N[C@H]1CCCCOCc2[nH]c(nc2-c2ccc(-c3ccc(-c4cnc([C@@H]5CCCN5C(=O)Cc5ccccc5CN5CCCCC5)[nH]4)cc3)cc2)[C@@H]2CCCN2C1=O. The molecule has 2 bridgehead atoms. The van der Waals surface area contributed by atoms with E-state index in [2.05, 4.69) is 93.0 Å². The summed E-state index contributed by atoms with van der Waals surface area (Å²) in [5, 5.41) is 2.76. The van der Waals surface area contributed by atoms with Crippen molar-refractivity contribution in [1.82, 2.24) is 40.0 Å². The van der Waals surface area contributed by atoms with Gasteiger partial charge in [-0.15, -0.1) is 0 Å². The van der Waals surface area contributed by atoms with E-state index in [9.17, 15) is 14.4 Å². The van der Waals surface area contributed by atoms with Gasteiger partial charge in [0.25, 0.3) is 0 Å². The summed E-state index contributed by atoms with van der Waals surface area (Å²) in [5.74, 6) is 1.63. The fraction of sp³-hybridized carbons (Fsp3) is 0.449. The molecule has 9 rings (SSSR count). The van der Waals surface area contributed by atoms with Crippen LogP contribution in [0.4, 0.5) is 4.79 Å². The molecule has 0 saturated carbocycles. The van der Waals surface area contributed by atoms with E-state index in [4.69, 9.17) is 19.4 Å². The van der Waals surface area contributed by atoms with Crippen LogP contribution in [0, 0.1) is 0 Å². The number of piperidine rings is 1. The maximum Gasteiger partial charge on any atom is 0.407 e. The molecule has 0 unspecified atom stereocenters. The van der Waals surface area contributed by atoms with Gasteiger partial charge in [0.15, 0.2) is 0 Å². The van der Waals surface area contributed by atoms with Gasteiger partial charge in [0.1, 0.15) is 17.7 Å². The molecule has 4 aliphatic rings. The third-order valence-corrected chi connectivity index (χ3v) is 13.2. The number of carbonyl (C=O) groups is 3. The maximum atomic E-state index is 13.8. The van der Waals surface area contributed by atoms with Crippen LogP contribution >= 0.6 is 0 Å². The number of nitrogens with zero attached hydrogens (tertiary/aromatic N) is 5. The summed E-state index contributed by atoms with van der Waals surface area (Å²) in [6, 6.07) is 24.4. The molecular weight excluding hydrogens is 781 g/mol. The number of aromatic nitrogens is 4. The Morgan fingerprint density at radius 1 is 0.758 bits per heavy atom. The van der Waals surface area contributed by atoms with Crippen LogP contribution in [-0.2, 0) is 38.6 Å². The first-order valence-electron chi connectivity index (χ1n) is 22.6. The van der Waals surface area contributed by atoms with Gasteiger partial charge in [-0.2, -0.15) is 0 Å². The summed E-state index contributed by atoms with van der Waals surface area (Å²) in [6.07, 6.45) is 11.0. The molecule has 3 atom stereocenters. The molecule has 0 aliphatic carbocycles. The maximum absolute atomic E-state index is 13.8. The first-order valence-corrected chi connectivity index (χ1v) is 22.6. The van der Waals surface area contributed by atoms with E-state index >= 15 is 0 Å². The number of hydrogen-bond acceptors (Lipinski definition) is 8. The lowest BCUT2D eigenvalue weighted by Gasteiger charge is -2.28. The number of carbonyl (C=O) groups excluding carboxylic acids is 3. The predicted octanol–water partition coefficient (Wildman–Crippen LogP) is 8.11. The molecule has 0 radical (unpaired) electrons. The van der Waals surface area contributed by atoms with Crippen molar-refractivity contribution in [3.8, 4) is 33.6 Å². The number of hydrogen-bond donors (Lipinski definition) is 3. The summed E-state index contributed by atoms with van der Waals surface area (Å²) >= 11 is 0. The first-order chi connectivity index (χ1) is 30.4. The lowest BCUT2D eigenvalue weighted by molar-refractivity contribution is -0.134. The van der Waals surface area contributed by atoms with Crippen LogP contribution in [0.3, 0.4) is 0 Å². The quantitative estimate of drug-likeness (QED) is 0.135. The van der Waals surface area contributed by atoms with Crippen molar-refractivity contribution in [3.05, 3.63) is 107 Å². The Morgan fingerprint density at radius 3 is 2.24 bits per heavy atom. The van der Waals surface area contributed by atoms with Crippen LogP contribution in [0.1, 0.15) is 105 Å². The zero-order valence-corrected chi connectivity index (χ0v) is 35.7. The molecule has 3 amide bonds. The van der Waals surface area contributed by atoms with Gasteiger partial charge in [0, 0.05) is 31.8 Å². The molecule has 3 fully saturated rings. The van der Waals surface area contributed by atoms with Gasteiger partial charge < -0.3 is 34.6 Å². The second-order valence-electron chi connectivity index (χ2n) is 17.2. The number of methoxy groups -OCH3 is 1. The number of fused-ring (bicyclic) bond motifs is 4. The van der Waals surface area contributed by atoms with Gasteiger partial charge in [-0.3, -0.25) is 14.5 Å². The predicted molar refractivity (Wildman–Crippen MR) is 237 cm³/mol. The number of H-pyrrole nitrogens is 2. The van der Waals surface area contributed by atoms with Gasteiger partial charge in [0.05, 0.1) is 55.5 Å². The molecule has 4 aliphatic heterocycles. The fourth-order valence-electron chi connectivity index (χ4n) is 9.80. The van der Waals surface area contributed by atoms with E-state index in [-0.39, 0.29) is 23.9 Å². The number of aromatic amines is 2. The fourth-order valence-corrected chi connectivity index (χ4v) is 9.80. The van der Waals surface area contributed by atoms with Gasteiger partial charge in [0.2, 0.25) is 11.8 Å². The minimum atomic E-state index is -0.662. The van der Waals surface area contributed by atoms with E-state index in [0.717, 1.165) is 121 Å². The molecule has 324 valence electrons. The Morgan fingerprint density at radius 2 is 1.47 bits per heavy atom. The monoisotopic (exact) mass is 838 g/mol. The van der Waals surface area contributed by atoms with Crippen LogP contribution in [0.5, 0.6) is 0 Å². The zero-order valence-electron chi connectivity index (χ0n) is 35.7. The highest BCUT2D eigenvalue weighted by Gasteiger charge is 2.37. The van der Waals surface area contributed by atoms with Crippen LogP contribution < -0.4 is 5.32 Å². The average Bonchev–Trinajstić information content (AvgIpc) is 4.15. The van der Waals surface area contributed by atoms with Crippen LogP contribution in [0.2, 0.25) is 0 Å². The highest BCUT2D eigenvalue weighted by atomic mass is 16.5. The normalized spacial score (nSPS) is 21.2. The molecule has 13 heteroatoms. The molecule has 3 saturated heterocycles. The smallest absolute Gasteiger partial charge is 0.407 e. The van der Waals surface area contributed by atoms with E-state index < -0.39 is 12.1 Å². The molecule has 62 heavy (non-hydrogen) atoms. The van der Waals surface area contributed by atoms with Crippen molar-refractivity contribution in [1.29, 1.82) is 0 Å². The minimum Gasteiger partial charge on any atom is -0.453 e. The lowest BCUT2D eigenvalue weighted by Crippen LogP contribution is -2.48. The van der Waals surface area contributed by atoms with Crippen molar-refractivity contribution in [3.63, 3.8) is 0 Å². The topological polar surface area (TPSA) is 149 Å². The van der Waals surface area contributed by atoms with Crippen molar-refractivity contribution in [2.75, 3.05) is 39.9 Å². The lowest BCUT2D eigenvalue weighted by atomic mass is 10.0. The van der Waals surface area contributed by atoms with Gasteiger partial charge >= 0.3 is 6.09 Å². The third-order valence-electron chi connectivity index (χ3n) is 13.2. The number of rotatable bonds is 9. The highest BCUT2D eigenvalue weighted by molar-refractivity contribution is 5.86. The first kappa shape index (κ1) is 41.6. The second kappa shape index (κ2) is 19.1. The molecule has 3 aromatic carbocycles. The average molecular weight is 839 g/mol. The Bertz CT molecular complexity index is 2330. The number of ether oxygens (including phenoxy) is 2. The van der Waals surface area contributed by atoms with E-state index in [1.165, 1.54) is 31.9 Å². The third kappa shape index (κ3) is 9.19. The minimum absolute atomic E-state index is 0.0610. The molecule has 13 nitrogen and oxygen atoms in total. The number of nitrogens with one attached hydrogen (secondary N) is 3. The number of amides is 3. The Kier molecular flexibility index (Phi) is 12.8. The van der Waals surface area contributed by atoms with E-state index in [0.29, 0.717) is 32.6 Å². The number of benzene rings is 3. The summed E-state index contributed by atoms with van der Waals surface area (Å²) in [5.41, 5.74) is 9.19. The summed E-state index contributed by atoms with van der Waals surface area (Å²) in [6.45, 7) is 5.44. The molecule has 5 aromatic rings. The van der Waals surface area contributed by atoms with Gasteiger partial charge in [-0.05, 0) is 98.7 Å². The second-order valence-corrected chi connectivity index (χ2v) is 17.2.